The Hall–Kier alpha value is -2.35. The molecule has 1 aromatic carbocycles. The topological polar surface area (TPSA) is 87.5 Å². The number of likely N-dealkylation sites (tertiary alicyclic amines) is 1. The van der Waals surface area contributed by atoms with Crippen molar-refractivity contribution in [3.63, 3.8) is 0 Å². The van der Waals surface area contributed by atoms with E-state index in [2.05, 4.69) is 26.2 Å². The van der Waals surface area contributed by atoms with E-state index >= 15 is 0 Å². The molecule has 2 N–H and O–H groups in total. The number of carboxylic acid groups (broad SMARTS) is 1. The predicted molar refractivity (Wildman–Crippen MR) is 98.5 cm³/mol. The summed E-state index contributed by atoms with van der Waals surface area (Å²) in [6.45, 7) is 1.13. The van der Waals surface area contributed by atoms with E-state index in [0.29, 0.717) is 23.6 Å². The minimum atomic E-state index is -0.846. The van der Waals surface area contributed by atoms with Crippen LogP contribution in [-0.4, -0.2) is 38.7 Å². The summed E-state index contributed by atoms with van der Waals surface area (Å²) in [6, 6.07) is 7.87. The minimum absolute atomic E-state index is 0.201. The summed E-state index contributed by atoms with van der Waals surface area (Å²) in [5.74, 6) is 0.626. The maximum absolute atomic E-state index is 12.1. The molecule has 132 valence electrons. The summed E-state index contributed by atoms with van der Waals surface area (Å²) in [6.07, 6.45) is 2.42. The van der Waals surface area contributed by atoms with Crippen LogP contribution in [0.4, 0.5) is 16.3 Å². The molecular weight excluding hydrogens is 388 g/mol. The highest BCUT2D eigenvalue weighted by Crippen LogP contribution is 2.29. The van der Waals surface area contributed by atoms with Crippen LogP contribution in [0.3, 0.4) is 0 Å². The van der Waals surface area contributed by atoms with Gasteiger partial charge in [0.15, 0.2) is 5.82 Å². The second kappa shape index (κ2) is 7.26. The third kappa shape index (κ3) is 4.01. The SMILES string of the molecule is Cn1cc(Br)nc(Nc2ccc(C3CCN(C(=O)O)CC3)cc2)c1=O. The summed E-state index contributed by atoms with van der Waals surface area (Å²) >= 11 is 3.28. The fourth-order valence-electron chi connectivity index (χ4n) is 3.03. The van der Waals surface area contributed by atoms with Gasteiger partial charge in [-0.1, -0.05) is 12.1 Å². The van der Waals surface area contributed by atoms with Gasteiger partial charge in [0, 0.05) is 32.0 Å². The summed E-state index contributed by atoms with van der Waals surface area (Å²) in [5.41, 5.74) is 1.77. The molecule has 2 aromatic rings. The standard InChI is InChI=1S/C17H19BrN4O3/c1-21-10-14(18)20-15(16(21)23)19-13-4-2-11(3-5-13)12-6-8-22(9-7-12)17(24)25/h2-5,10,12H,6-9H2,1H3,(H,19,20)(H,24,25). The summed E-state index contributed by atoms with van der Waals surface area (Å²) in [7, 11) is 1.67. The van der Waals surface area contributed by atoms with Crippen LogP contribution >= 0.6 is 15.9 Å². The third-order valence-corrected chi connectivity index (χ3v) is 4.83. The molecule has 0 aliphatic carbocycles. The van der Waals surface area contributed by atoms with Crippen molar-refractivity contribution in [1.29, 1.82) is 0 Å². The van der Waals surface area contributed by atoms with Crippen LogP contribution in [0.1, 0.15) is 24.3 Å². The zero-order valence-corrected chi connectivity index (χ0v) is 15.4. The Bertz CT molecular complexity index is 827. The molecule has 1 fully saturated rings. The number of halogens is 1. The molecule has 3 rings (SSSR count). The summed E-state index contributed by atoms with van der Waals surface area (Å²) < 4.78 is 2.04. The lowest BCUT2D eigenvalue weighted by Gasteiger charge is -2.30. The number of nitrogens with one attached hydrogen (secondary N) is 1. The van der Waals surface area contributed by atoms with Crippen molar-refractivity contribution in [2.75, 3.05) is 18.4 Å². The van der Waals surface area contributed by atoms with Crippen LogP contribution in [0.2, 0.25) is 0 Å². The molecule has 0 saturated carbocycles. The molecule has 1 amide bonds. The van der Waals surface area contributed by atoms with Gasteiger partial charge in [-0.25, -0.2) is 9.78 Å². The zero-order chi connectivity index (χ0) is 18.0. The number of hydrogen-bond acceptors (Lipinski definition) is 4. The molecule has 2 heterocycles. The monoisotopic (exact) mass is 406 g/mol. The van der Waals surface area contributed by atoms with E-state index in [1.54, 1.807) is 13.2 Å². The molecule has 0 spiro atoms. The van der Waals surface area contributed by atoms with Crippen molar-refractivity contribution >= 4 is 33.5 Å². The van der Waals surface area contributed by atoms with Gasteiger partial charge in [-0.15, -0.1) is 0 Å². The number of nitrogens with zero attached hydrogens (tertiary/aromatic N) is 3. The van der Waals surface area contributed by atoms with Crippen LogP contribution in [-0.2, 0) is 7.05 Å². The molecule has 1 aliphatic heterocycles. The smallest absolute Gasteiger partial charge is 0.407 e. The number of carbonyl (C=O) groups is 1. The Morgan fingerprint density at radius 2 is 1.92 bits per heavy atom. The van der Waals surface area contributed by atoms with E-state index in [0.717, 1.165) is 18.5 Å². The fraction of sp³-hybridized carbons (Fsp3) is 0.353. The number of hydrogen-bond donors (Lipinski definition) is 2. The number of benzene rings is 1. The van der Waals surface area contributed by atoms with Gasteiger partial charge in [-0.2, -0.15) is 0 Å². The van der Waals surface area contributed by atoms with Gasteiger partial charge >= 0.3 is 6.09 Å². The van der Waals surface area contributed by atoms with Gasteiger partial charge < -0.3 is 19.9 Å². The molecule has 0 unspecified atom stereocenters. The highest BCUT2D eigenvalue weighted by molar-refractivity contribution is 9.10. The van der Waals surface area contributed by atoms with Gasteiger partial charge in [0.25, 0.3) is 5.56 Å². The number of aromatic nitrogens is 2. The molecule has 0 radical (unpaired) electrons. The van der Waals surface area contributed by atoms with Crippen LogP contribution in [0.25, 0.3) is 0 Å². The predicted octanol–water partition coefficient (Wildman–Crippen LogP) is 3.14. The number of aryl methyl sites for hydroxylation is 1. The number of amides is 1. The average Bonchev–Trinajstić information content (AvgIpc) is 2.60. The number of piperidine rings is 1. The van der Waals surface area contributed by atoms with Crippen molar-refractivity contribution in [2.24, 2.45) is 7.05 Å². The Labute approximate surface area is 153 Å². The Kier molecular flexibility index (Phi) is 5.08. The van der Waals surface area contributed by atoms with E-state index < -0.39 is 6.09 Å². The van der Waals surface area contributed by atoms with Crippen LogP contribution < -0.4 is 10.9 Å². The number of rotatable bonds is 3. The van der Waals surface area contributed by atoms with Crippen molar-refractivity contribution in [2.45, 2.75) is 18.8 Å². The maximum atomic E-state index is 12.1. The Morgan fingerprint density at radius 3 is 2.52 bits per heavy atom. The second-order valence-electron chi connectivity index (χ2n) is 6.12. The fourth-order valence-corrected chi connectivity index (χ4v) is 3.51. The van der Waals surface area contributed by atoms with E-state index in [4.69, 9.17) is 5.11 Å². The summed E-state index contributed by atoms with van der Waals surface area (Å²) in [5, 5.41) is 12.1. The van der Waals surface area contributed by atoms with Crippen LogP contribution in [0.5, 0.6) is 0 Å². The van der Waals surface area contributed by atoms with Crippen LogP contribution in [0.15, 0.2) is 39.9 Å². The van der Waals surface area contributed by atoms with Crippen molar-refractivity contribution in [3.05, 3.63) is 51.0 Å². The van der Waals surface area contributed by atoms with E-state index in [1.165, 1.54) is 15.0 Å². The first-order valence-corrected chi connectivity index (χ1v) is 8.81. The quantitative estimate of drug-likeness (QED) is 0.817. The van der Waals surface area contributed by atoms with Crippen molar-refractivity contribution in [3.8, 4) is 0 Å². The maximum Gasteiger partial charge on any atom is 0.407 e. The van der Waals surface area contributed by atoms with Crippen LogP contribution in [0, 0.1) is 0 Å². The van der Waals surface area contributed by atoms with Gasteiger partial charge in [-0.3, -0.25) is 4.79 Å². The molecule has 7 nitrogen and oxygen atoms in total. The minimum Gasteiger partial charge on any atom is -0.465 e. The first kappa shape index (κ1) is 17.5. The third-order valence-electron chi connectivity index (χ3n) is 4.45. The normalized spacial score (nSPS) is 15.2. The molecule has 1 aromatic heterocycles. The van der Waals surface area contributed by atoms with Gasteiger partial charge in [0.2, 0.25) is 0 Å². The zero-order valence-electron chi connectivity index (χ0n) is 13.8. The molecule has 0 bridgehead atoms. The van der Waals surface area contributed by atoms with E-state index in [-0.39, 0.29) is 11.4 Å². The lowest BCUT2D eigenvalue weighted by atomic mass is 9.89. The first-order chi connectivity index (χ1) is 11.9. The lowest BCUT2D eigenvalue weighted by molar-refractivity contribution is 0.132. The molecule has 8 heteroatoms. The van der Waals surface area contributed by atoms with Crippen molar-refractivity contribution in [1.82, 2.24) is 14.5 Å². The van der Waals surface area contributed by atoms with Gasteiger partial charge in [0.1, 0.15) is 4.60 Å². The largest absolute Gasteiger partial charge is 0.465 e. The first-order valence-electron chi connectivity index (χ1n) is 8.02. The lowest BCUT2D eigenvalue weighted by Crippen LogP contribution is -2.36. The highest BCUT2D eigenvalue weighted by atomic mass is 79.9. The highest BCUT2D eigenvalue weighted by Gasteiger charge is 2.23. The molecule has 1 aliphatic rings. The Morgan fingerprint density at radius 1 is 1.28 bits per heavy atom. The van der Waals surface area contributed by atoms with Crippen molar-refractivity contribution < 1.29 is 9.90 Å². The molecule has 25 heavy (non-hydrogen) atoms. The Balaban J connectivity index is 1.69. The second-order valence-corrected chi connectivity index (χ2v) is 6.93. The average molecular weight is 407 g/mol. The molecule has 0 atom stereocenters. The molecule has 1 saturated heterocycles. The van der Waals surface area contributed by atoms with Gasteiger partial charge in [0.05, 0.1) is 0 Å². The molecular formula is C17H19BrN4O3. The van der Waals surface area contributed by atoms with Gasteiger partial charge in [-0.05, 0) is 52.4 Å². The van der Waals surface area contributed by atoms with E-state index in [9.17, 15) is 9.59 Å². The van der Waals surface area contributed by atoms with E-state index in [1.807, 2.05) is 24.3 Å². The number of anilines is 2. The summed E-state index contributed by atoms with van der Waals surface area (Å²) in [4.78, 5) is 28.7.